The molecule has 96 valence electrons. The smallest absolute Gasteiger partial charge is 0.400 e. The van der Waals surface area contributed by atoms with Gasteiger partial charge in [-0.1, -0.05) is 35.8 Å². The summed E-state index contributed by atoms with van der Waals surface area (Å²) >= 11 is 5.93. The molecule has 0 aromatic heterocycles. The van der Waals surface area contributed by atoms with E-state index in [0.717, 1.165) is 10.6 Å². The van der Waals surface area contributed by atoms with Gasteiger partial charge in [-0.25, -0.2) is 0 Å². The molecule has 18 heavy (non-hydrogen) atoms. The quantitative estimate of drug-likeness (QED) is 0.752. The van der Waals surface area contributed by atoms with Crippen LogP contribution in [0.25, 0.3) is 6.08 Å². The Morgan fingerprint density at radius 2 is 1.72 bits per heavy atom. The monoisotopic (exact) mass is 264 g/mol. The van der Waals surface area contributed by atoms with Gasteiger partial charge in [0.15, 0.2) is 0 Å². The van der Waals surface area contributed by atoms with Crippen LogP contribution >= 0.6 is 11.6 Å². The Kier molecular flexibility index (Phi) is 3.59. The summed E-state index contributed by atoms with van der Waals surface area (Å²) < 4.78 is 11.7. The predicted octanol–water partition coefficient (Wildman–Crippen LogP) is 3.98. The third-order valence-electron chi connectivity index (χ3n) is 3.57. The summed E-state index contributed by atoms with van der Waals surface area (Å²) in [6.45, 7) is 8.17. The van der Waals surface area contributed by atoms with Crippen molar-refractivity contribution in [1.29, 1.82) is 0 Å². The lowest BCUT2D eigenvalue weighted by Crippen LogP contribution is -2.41. The van der Waals surface area contributed by atoms with E-state index in [1.165, 1.54) is 0 Å². The topological polar surface area (TPSA) is 18.5 Å². The van der Waals surface area contributed by atoms with Gasteiger partial charge in [0.05, 0.1) is 11.2 Å². The van der Waals surface area contributed by atoms with Gasteiger partial charge in [0.25, 0.3) is 0 Å². The zero-order valence-electron chi connectivity index (χ0n) is 11.2. The molecule has 4 heteroatoms. The summed E-state index contributed by atoms with van der Waals surface area (Å²) in [5.74, 6) is 1.92. The molecule has 1 aliphatic heterocycles. The Hall–Kier alpha value is -0.765. The molecule has 0 unspecified atom stereocenters. The van der Waals surface area contributed by atoms with Crippen LogP contribution in [0.1, 0.15) is 33.3 Å². The van der Waals surface area contributed by atoms with Crippen molar-refractivity contribution in [2.75, 3.05) is 0 Å². The average Bonchev–Trinajstić information content (AvgIpc) is 2.45. The van der Waals surface area contributed by atoms with E-state index in [-0.39, 0.29) is 18.3 Å². The fourth-order valence-corrected chi connectivity index (χ4v) is 1.97. The maximum absolute atomic E-state index is 5.93. The summed E-state index contributed by atoms with van der Waals surface area (Å²) in [5, 5.41) is 0.728. The van der Waals surface area contributed by atoms with E-state index in [1.807, 2.05) is 64.0 Å². The van der Waals surface area contributed by atoms with Crippen LogP contribution in [-0.4, -0.2) is 18.3 Å². The van der Waals surface area contributed by atoms with Crippen LogP contribution in [0.3, 0.4) is 0 Å². The number of halogens is 1. The standard InChI is InChI=1S/C14H18BClO2/c1-13(2)14(3,4)18-15(17-13)9-8-11-6-5-7-12(16)10-11/h5-10H,1-4H3/b9-8-. The maximum atomic E-state index is 5.93. The van der Waals surface area contributed by atoms with E-state index in [4.69, 9.17) is 20.9 Å². The molecule has 1 heterocycles. The van der Waals surface area contributed by atoms with Crippen molar-refractivity contribution in [3.05, 3.63) is 40.8 Å². The molecule has 0 amide bonds. The molecule has 1 aliphatic rings. The van der Waals surface area contributed by atoms with Gasteiger partial charge in [-0.15, -0.1) is 0 Å². The van der Waals surface area contributed by atoms with E-state index in [1.54, 1.807) is 0 Å². The Morgan fingerprint density at radius 3 is 2.28 bits per heavy atom. The van der Waals surface area contributed by atoms with Crippen LogP contribution in [-0.2, 0) is 9.31 Å². The highest BCUT2D eigenvalue weighted by molar-refractivity contribution is 6.52. The fourth-order valence-electron chi connectivity index (χ4n) is 1.77. The van der Waals surface area contributed by atoms with Crippen LogP contribution in [0.4, 0.5) is 0 Å². The van der Waals surface area contributed by atoms with Crippen LogP contribution in [0, 0.1) is 0 Å². The molecule has 0 N–H and O–H groups in total. The molecule has 0 bridgehead atoms. The van der Waals surface area contributed by atoms with Gasteiger partial charge in [0.2, 0.25) is 0 Å². The second kappa shape index (κ2) is 4.73. The molecule has 2 rings (SSSR count). The second-order valence-electron chi connectivity index (χ2n) is 5.54. The van der Waals surface area contributed by atoms with Gasteiger partial charge >= 0.3 is 7.12 Å². The summed E-state index contributed by atoms with van der Waals surface area (Å²) in [6.07, 6.45) is 1.97. The first-order chi connectivity index (χ1) is 8.30. The van der Waals surface area contributed by atoms with E-state index in [9.17, 15) is 0 Å². The normalized spacial score (nSPS) is 21.7. The first-order valence-corrected chi connectivity index (χ1v) is 6.47. The van der Waals surface area contributed by atoms with Gasteiger partial charge in [-0.2, -0.15) is 0 Å². The zero-order chi connectivity index (χ0) is 13.4. The zero-order valence-corrected chi connectivity index (χ0v) is 12.0. The predicted molar refractivity (Wildman–Crippen MR) is 76.6 cm³/mol. The second-order valence-corrected chi connectivity index (χ2v) is 5.98. The van der Waals surface area contributed by atoms with Crippen molar-refractivity contribution in [3.8, 4) is 0 Å². The highest BCUT2D eigenvalue weighted by Gasteiger charge is 2.49. The van der Waals surface area contributed by atoms with Crippen molar-refractivity contribution in [2.45, 2.75) is 38.9 Å². The summed E-state index contributed by atoms with van der Waals surface area (Å²) in [4.78, 5) is 0. The summed E-state index contributed by atoms with van der Waals surface area (Å²) in [6, 6.07) is 7.68. The van der Waals surface area contributed by atoms with Crippen molar-refractivity contribution >= 4 is 24.8 Å². The number of rotatable bonds is 2. The lowest BCUT2D eigenvalue weighted by Gasteiger charge is -2.32. The van der Waals surface area contributed by atoms with Crippen molar-refractivity contribution in [3.63, 3.8) is 0 Å². The van der Waals surface area contributed by atoms with Crippen LogP contribution < -0.4 is 0 Å². The molecule has 1 fully saturated rings. The third-order valence-corrected chi connectivity index (χ3v) is 3.80. The molecular weight excluding hydrogens is 246 g/mol. The fraction of sp³-hybridized carbons (Fsp3) is 0.429. The largest absolute Gasteiger partial charge is 0.487 e. The Morgan fingerprint density at radius 1 is 1.11 bits per heavy atom. The maximum Gasteiger partial charge on any atom is 0.487 e. The van der Waals surface area contributed by atoms with E-state index < -0.39 is 0 Å². The van der Waals surface area contributed by atoms with E-state index in [2.05, 4.69) is 0 Å². The minimum atomic E-state index is -0.311. The lowest BCUT2D eigenvalue weighted by molar-refractivity contribution is 0.00578. The molecule has 0 radical (unpaired) electrons. The molecule has 0 atom stereocenters. The molecular formula is C14H18BClO2. The molecule has 0 spiro atoms. The highest BCUT2D eigenvalue weighted by Crippen LogP contribution is 2.37. The van der Waals surface area contributed by atoms with Gasteiger partial charge in [-0.3, -0.25) is 0 Å². The summed E-state index contributed by atoms with van der Waals surface area (Å²) in [5.41, 5.74) is 0.448. The molecule has 0 saturated carbocycles. The Labute approximate surface area is 114 Å². The molecule has 1 aromatic rings. The molecule has 0 aliphatic carbocycles. The number of hydrogen-bond donors (Lipinski definition) is 0. The van der Waals surface area contributed by atoms with Crippen LogP contribution in [0.15, 0.2) is 30.2 Å². The minimum Gasteiger partial charge on any atom is -0.400 e. The van der Waals surface area contributed by atoms with Gasteiger partial charge in [0, 0.05) is 5.02 Å². The first kappa shape index (κ1) is 13.7. The Bertz CT molecular complexity index is 453. The SMILES string of the molecule is CC1(C)OB(/C=C\c2cccc(Cl)c2)OC1(C)C. The third kappa shape index (κ3) is 2.79. The Balaban J connectivity index is 2.08. The van der Waals surface area contributed by atoms with Crippen molar-refractivity contribution < 1.29 is 9.31 Å². The molecule has 2 nitrogen and oxygen atoms in total. The molecule has 1 aromatic carbocycles. The van der Waals surface area contributed by atoms with E-state index in [0.29, 0.717) is 0 Å². The highest BCUT2D eigenvalue weighted by atomic mass is 35.5. The van der Waals surface area contributed by atoms with Crippen LogP contribution in [0.5, 0.6) is 0 Å². The van der Waals surface area contributed by atoms with Crippen molar-refractivity contribution in [1.82, 2.24) is 0 Å². The van der Waals surface area contributed by atoms with Crippen molar-refractivity contribution in [2.24, 2.45) is 0 Å². The number of hydrogen-bond acceptors (Lipinski definition) is 2. The molecule has 1 saturated heterocycles. The van der Waals surface area contributed by atoms with Gasteiger partial charge in [0.1, 0.15) is 0 Å². The summed E-state index contributed by atoms with van der Waals surface area (Å²) in [7, 11) is -0.311. The average molecular weight is 265 g/mol. The number of benzene rings is 1. The van der Waals surface area contributed by atoms with Gasteiger partial charge in [-0.05, 0) is 45.4 Å². The van der Waals surface area contributed by atoms with Crippen LogP contribution in [0.2, 0.25) is 5.02 Å². The van der Waals surface area contributed by atoms with Gasteiger partial charge < -0.3 is 9.31 Å². The first-order valence-electron chi connectivity index (χ1n) is 6.10. The lowest BCUT2D eigenvalue weighted by atomic mass is 9.89. The minimum absolute atomic E-state index is 0.295. The van der Waals surface area contributed by atoms with E-state index >= 15 is 0 Å².